The number of ether oxygens (including phenoxy) is 1. The highest BCUT2D eigenvalue weighted by molar-refractivity contribution is 14.0. The van der Waals surface area contributed by atoms with E-state index in [1.807, 2.05) is 29.2 Å². The Morgan fingerprint density at radius 1 is 1.48 bits per heavy atom. The van der Waals surface area contributed by atoms with E-state index < -0.39 is 0 Å². The summed E-state index contributed by atoms with van der Waals surface area (Å²) >= 11 is 3.37. The van der Waals surface area contributed by atoms with Crippen LogP contribution >= 0.6 is 46.7 Å². The number of guanidine groups is 1. The minimum absolute atomic E-state index is 0. The molecule has 10 heteroatoms. The number of aromatic nitrogens is 1. The maximum atomic E-state index is 12.6. The highest BCUT2D eigenvalue weighted by atomic mass is 127. The molecule has 7 nitrogen and oxygen atoms in total. The number of carbonyl (C=O) groups is 1. The van der Waals surface area contributed by atoms with Gasteiger partial charge in [0.25, 0.3) is 0 Å². The molecule has 0 aliphatic carbocycles. The van der Waals surface area contributed by atoms with Crippen LogP contribution in [0.3, 0.4) is 0 Å². The molecule has 0 spiro atoms. The van der Waals surface area contributed by atoms with E-state index in [0.29, 0.717) is 19.0 Å². The number of thiazole rings is 1. The van der Waals surface area contributed by atoms with Crippen LogP contribution in [0, 0.1) is 0 Å². The van der Waals surface area contributed by atoms with E-state index in [0.717, 1.165) is 23.7 Å². The number of thiophene rings is 1. The minimum atomic E-state index is -0.00704. The van der Waals surface area contributed by atoms with Crippen molar-refractivity contribution in [3.63, 3.8) is 0 Å². The molecule has 1 unspecified atom stereocenters. The Bertz CT molecular complexity index is 838. The summed E-state index contributed by atoms with van der Waals surface area (Å²) < 4.78 is 5.32. The van der Waals surface area contributed by atoms with Crippen molar-refractivity contribution in [1.29, 1.82) is 0 Å². The number of fused-ring (bicyclic) bond motifs is 1. The average Bonchev–Trinajstić information content (AvgIpc) is 3.36. The van der Waals surface area contributed by atoms with Gasteiger partial charge in [0.1, 0.15) is 11.1 Å². The van der Waals surface area contributed by atoms with Crippen molar-refractivity contribution in [2.24, 2.45) is 4.99 Å². The van der Waals surface area contributed by atoms with Crippen LogP contribution in [-0.2, 0) is 29.0 Å². The molecule has 0 saturated carbocycles. The molecule has 0 bridgehead atoms. The van der Waals surface area contributed by atoms with Crippen molar-refractivity contribution in [3.8, 4) is 0 Å². The van der Waals surface area contributed by atoms with Crippen molar-refractivity contribution in [2.75, 3.05) is 34.3 Å². The van der Waals surface area contributed by atoms with Gasteiger partial charge in [0.15, 0.2) is 5.96 Å². The number of rotatable bonds is 6. The van der Waals surface area contributed by atoms with Gasteiger partial charge < -0.3 is 19.9 Å². The van der Waals surface area contributed by atoms with E-state index in [1.165, 1.54) is 10.4 Å². The number of hydrogen-bond acceptors (Lipinski definition) is 6. The zero-order chi connectivity index (χ0) is 20.1. The first-order valence-electron chi connectivity index (χ1n) is 9.23. The summed E-state index contributed by atoms with van der Waals surface area (Å²) in [5, 5.41) is 8.28. The van der Waals surface area contributed by atoms with E-state index in [9.17, 15) is 4.79 Å². The molecule has 1 atom stereocenters. The van der Waals surface area contributed by atoms with Crippen LogP contribution in [0.15, 0.2) is 21.8 Å². The number of amides is 1. The molecule has 0 saturated heterocycles. The standard InChI is InChI=1S/C19H27N5O2S2.HI/c1-13(26-4)18-22-15(12-28-18)11-23(3)19(20-2)21-9-17(25)24-7-5-16-14(10-24)6-8-27-16;/h6,8,12-13H,5,7,9-11H2,1-4H3,(H,20,21);1H. The Hall–Kier alpha value is -1.24. The van der Waals surface area contributed by atoms with Gasteiger partial charge >= 0.3 is 0 Å². The van der Waals surface area contributed by atoms with Crippen LogP contribution in [0.4, 0.5) is 0 Å². The molecule has 0 radical (unpaired) electrons. The Morgan fingerprint density at radius 2 is 2.28 bits per heavy atom. The SMILES string of the molecule is CN=C(NCC(=O)N1CCc2sccc2C1)N(C)Cc1csc(C(C)OC)n1.I. The molecule has 0 aromatic carbocycles. The van der Waals surface area contributed by atoms with Crippen LogP contribution in [0.25, 0.3) is 0 Å². The molecule has 1 N–H and O–H groups in total. The summed E-state index contributed by atoms with van der Waals surface area (Å²) in [5.74, 6) is 0.771. The zero-order valence-corrected chi connectivity index (χ0v) is 21.1. The molecule has 3 rings (SSSR count). The van der Waals surface area contributed by atoms with Crippen molar-refractivity contribution in [1.82, 2.24) is 20.1 Å². The largest absolute Gasteiger partial charge is 0.375 e. The Labute approximate surface area is 197 Å². The number of carbonyl (C=O) groups excluding carboxylic acids is 1. The van der Waals surface area contributed by atoms with E-state index >= 15 is 0 Å². The number of nitrogens with one attached hydrogen (secondary N) is 1. The fourth-order valence-electron chi connectivity index (χ4n) is 3.11. The molecule has 1 aliphatic rings. The quantitative estimate of drug-likeness (QED) is 0.341. The van der Waals surface area contributed by atoms with Gasteiger partial charge in [-0.25, -0.2) is 4.98 Å². The fourth-order valence-corrected chi connectivity index (χ4v) is 4.84. The van der Waals surface area contributed by atoms with Crippen molar-refractivity contribution in [3.05, 3.63) is 38.0 Å². The Kier molecular flexibility index (Phi) is 9.31. The average molecular weight is 550 g/mol. The number of methoxy groups -OCH3 is 1. The summed E-state index contributed by atoms with van der Waals surface area (Å²) in [7, 11) is 5.35. The maximum Gasteiger partial charge on any atom is 0.242 e. The van der Waals surface area contributed by atoms with Gasteiger partial charge in [-0.3, -0.25) is 9.79 Å². The first kappa shape index (κ1) is 24.0. The van der Waals surface area contributed by atoms with Crippen LogP contribution in [0.2, 0.25) is 0 Å². The van der Waals surface area contributed by atoms with E-state index in [4.69, 9.17) is 4.74 Å². The molecule has 2 aromatic rings. The third-order valence-corrected chi connectivity index (χ3v) is 6.88. The summed E-state index contributed by atoms with van der Waals surface area (Å²) in [6, 6.07) is 2.12. The van der Waals surface area contributed by atoms with Crippen LogP contribution in [0.1, 0.15) is 34.2 Å². The molecular formula is C19H28IN5O2S2. The lowest BCUT2D eigenvalue weighted by molar-refractivity contribution is -0.130. The minimum Gasteiger partial charge on any atom is -0.375 e. The first-order valence-corrected chi connectivity index (χ1v) is 11.0. The second kappa shape index (κ2) is 11.2. The number of halogens is 1. The van der Waals surface area contributed by atoms with Gasteiger partial charge in [-0.15, -0.1) is 46.7 Å². The number of aliphatic imine (C=N–C) groups is 1. The normalized spacial score (nSPS) is 14.8. The van der Waals surface area contributed by atoms with Crippen LogP contribution in [-0.4, -0.2) is 60.9 Å². The third-order valence-electron chi connectivity index (χ3n) is 4.80. The molecule has 1 aliphatic heterocycles. The number of hydrogen-bond donors (Lipinski definition) is 1. The molecule has 0 fully saturated rings. The first-order chi connectivity index (χ1) is 13.5. The molecule has 1 amide bonds. The zero-order valence-electron chi connectivity index (χ0n) is 17.2. The second-order valence-corrected chi connectivity index (χ2v) is 8.64. The topological polar surface area (TPSA) is 70.1 Å². The van der Waals surface area contributed by atoms with Gasteiger partial charge in [-0.05, 0) is 30.4 Å². The highest BCUT2D eigenvalue weighted by Gasteiger charge is 2.22. The summed E-state index contributed by atoms with van der Waals surface area (Å²) in [6.07, 6.45) is 0.937. The predicted molar refractivity (Wildman–Crippen MR) is 129 cm³/mol. The lowest BCUT2D eigenvalue weighted by Gasteiger charge is -2.28. The monoisotopic (exact) mass is 549 g/mol. The summed E-state index contributed by atoms with van der Waals surface area (Å²) in [5.41, 5.74) is 2.23. The lowest BCUT2D eigenvalue weighted by atomic mass is 10.1. The molecule has 29 heavy (non-hydrogen) atoms. The predicted octanol–water partition coefficient (Wildman–Crippen LogP) is 3.12. The number of nitrogens with zero attached hydrogens (tertiary/aromatic N) is 4. The Balaban J connectivity index is 0.00000300. The highest BCUT2D eigenvalue weighted by Crippen LogP contribution is 2.24. The molecule has 2 aromatic heterocycles. The lowest BCUT2D eigenvalue weighted by Crippen LogP contribution is -2.46. The summed E-state index contributed by atoms with van der Waals surface area (Å²) in [6.45, 7) is 4.31. The van der Waals surface area contributed by atoms with Gasteiger partial charge in [-0.2, -0.15) is 0 Å². The van der Waals surface area contributed by atoms with Crippen molar-refractivity contribution >= 4 is 58.5 Å². The molecule has 3 heterocycles. The third kappa shape index (κ3) is 6.12. The van der Waals surface area contributed by atoms with Crippen molar-refractivity contribution in [2.45, 2.75) is 32.5 Å². The van der Waals surface area contributed by atoms with Crippen molar-refractivity contribution < 1.29 is 9.53 Å². The Morgan fingerprint density at radius 3 is 3.00 bits per heavy atom. The van der Waals surface area contributed by atoms with Gasteiger partial charge in [0.05, 0.1) is 18.8 Å². The van der Waals surface area contributed by atoms with Gasteiger partial charge in [0.2, 0.25) is 5.91 Å². The molecule has 160 valence electrons. The molecular weight excluding hydrogens is 521 g/mol. The van der Waals surface area contributed by atoms with Crippen LogP contribution in [0.5, 0.6) is 0 Å². The van der Waals surface area contributed by atoms with E-state index in [-0.39, 0.29) is 42.5 Å². The second-order valence-electron chi connectivity index (χ2n) is 6.75. The van der Waals surface area contributed by atoms with E-state index in [2.05, 4.69) is 26.7 Å². The smallest absolute Gasteiger partial charge is 0.242 e. The maximum absolute atomic E-state index is 12.6. The summed E-state index contributed by atoms with van der Waals surface area (Å²) in [4.78, 5) is 26.8. The fraction of sp³-hybridized carbons (Fsp3) is 0.526. The van der Waals surface area contributed by atoms with Gasteiger partial charge in [-0.1, -0.05) is 0 Å². The van der Waals surface area contributed by atoms with Crippen LogP contribution < -0.4 is 5.32 Å². The van der Waals surface area contributed by atoms with E-state index in [1.54, 1.807) is 36.8 Å². The van der Waals surface area contributed by atoms with Gasteiger partial charge in [0, 0.05) is 44.6 Å².